The van der Waals surface area contributed by atoms with Crippen molar-refractivity contribution in [3.8, 4) is 17.1 Å². The summed E-state index contributed by atoms with van der Waals surface area (Å²) in [7, 11) is 0. The van der Waals surface area contributed by atoms with E-state index in [0.717, 1.165) is 48.5 Å². The predicted molar refractivity (Wildman–Crippen MR) is 138 cm³/mol. The van der Waals surface area contributed by atoms with Crippen molar-refractivity contribution in [2.75, 3.05) is 18.4 Å². The third-order valence-corrected chi connectivity index (χ3v) is 6.47. The molecule has 4 aromatic rings. The molecule has 0 aliphatic carbocycles. The van der Waals surface area contributed by atoms with Crippen LogP contribution in [0.15, 0.2) is 83.4 Å². The second kappa shape index (κ2) is 11.2. The summed E-state index contributed by atoms with van der Waals surface area (Å²) in [5.74, 6) is 2.03. The molecule has 2 heterocycles. The zero-order valence-corrected chi connectivity index (χ0v) is 20.4. The minimum atomic E-state index is -0.0129. The Kier molecular flexibility index (Phi) is 7.38. The van der Waals surface area contributed by atoms with Crippen molar-refractivity contribution in [3.05, 3.63) is 95.9 Å². The number of aromatic nitrogens is 2. The van der Waals surface area contributed by atoms with E-state index in [4.69, 9.17) is 9.26 Å². The number of amides is 1. The van der Waals surface area contributed by atoms with E-state index in [1.807, 2.05) is 85.8 Å². The third-order valence-electron chi connectivity index (χ3n) is 6.47. The monoisotopic (exact) mass is 482 g/mol. The van der Waals surface area contributed by atoms with Gasteiger partial charge in [-0.05, 0) is 62.7 Å². The van der Waals surface area contributed by atoms with Crippen LogP contribution in [-0.2, 0) is 17.9 Å². The molecule has 0 spiro atoms. The molecule has 184 valence electrons. The predicted octanol–water partition coefficient (Wildman–Crippen LogP) is 5.47. The Morgan fingerprint density at radius 2 is 1.72 bits per heavy atom. The van der Waals surface area contributed by atoms with Crippen molar-refractivity contribution >= 4 is 11.6 Å². The maximum absolute atomic E-state index is 12.8. The van der Waals surface area contributed by atoms with E-state index >= 15 is 0 Å². The topological polar surface area (TPSA) is 80.5 Å². The van der Waals surface area contributed by atoms with Crippen LogP contribution in [0.5, 0.6) is 5.75 Å². The van der Waals surface area contributed by atoms with Crippen molar-refractivity contribution in [3.63, 3.8) is 0 Å². The number of ether oxygens (including phenoxy) is 1. The summed E-state index contributed by atoms with van der Waals surface area (Å²) >= 11 is 0. The maximum Gasteiger partial charge on any atom is 0.241 e. The molecule has 0 radical (unpaired) electrons. The number of benzene rings is 3. The van der Waals surface area contributed by atoms with Crippen LogP contribution < -0.4 is 10.1 Å². The quantitative estimate of drug-likeness (QED) is 0.358. The molecule has 1 amide bonds. The van der Waals surface area contributed by atoms with Gasteiger partial charge >= 0.3 is 0 Å². The Bertz CT molecular complexity index is 1260. The van der Waals surface area contributed by atoms with Gasteiger partial charge in [0.2, 0.25) is 17.6 Å². The number of nitrogens with one attached hydrogen (secondary N) is 1. The number of hydrogen-bond donors (Lipinski definition) is 1. The lowest BCUT2D eigenvalue weighted by Gasteiger charge is -2.30. The first-order valence-corrected chi connectivity index (χ1v) is 12.3. The van der Waals surface area contributed by atoms with Crippen molar-refractivity contribution in [2.45, 2.75) is 32.9 Å². The fraction of sp³-hybridized carbons (Fsp3) is 0.276. The summed E-state index contributed by atoms with van der Waals surface area (Å²) in [6.07, 6.45) is 1.59. The van der Waals surface area contributed by atoms with Gasteiger partial charge in [-0.25, -0.2) is 0 Å². The highest BCUT2D eigenvalue weighted by Gasteiger charge is 2.26. The lowest BCUT2D eigenvalue weighted by molar-refractivity contribution is -0.121. The zero-order chi connectivity index (χ0) is 24.7. The number of hydrogen-bond acceptors (Lipinski definition) is 6. The van der Waals surface area contributed by atoms with Crippen LogP contribution >= 0.6 is 0 Å². The minimum Gasteiger partial charge on any atom is -0.489 e. The first kappa shape index (κ1) is 23.8. The largest absolute Gasteiger partial charge is 0.489 e. The van der Waals surface area contributed by atoms with Gasteiger partial charge in [0, 0.05) is 17.2 Å². The van der Waals surface area contributed by atoms with Crippen LogP contribution in [0.25, 0.3) is 11.4 Å². The van der Waals surface area contributed by atoms with E-state index in [1.54, 1.807) is 0 Å². The molecule has 36 heavy (non-hydrogen) atoms. The molecule has 1 aliphatic heterocycles. The Hall–Kier alpha value is -3.97. The average molecular weight is 483 g/mol. The third kappa shape index (κ3) is 6.17. The van der Waals surface area contributed by atoms with Crippen molar-refractivity contribution in [1.82, 2.24) is 15.0 Å². The van der Waals surface area contributed by atoms with Crippen molar-refractivity contribution in [1.29, 1.82) is 0 Å². The SMILES string of the molecule is Cc1ccc(-c2noc(CN3CCC(C(=O)Nc4ccc(OCc5ccccc5)cc4)CC3)n2)cc1. The Morgan fingerprint density at radius 1 is 1.00 bits per heavy atom. The molecule has 1 saturated heterocycles. The Balaban J connectivity index is 1.07. The number of piperidine rings is 1. The van der Waals surface area contributed by atoms with Crippen molar-refractivity contribution in [2.24, 2.45) is 5.92 Å². The molecular weight excluding hydrogens is 452 g/mol. The zero-order valence-electron chi connectivity index (χ0n) is 20.4. The van der Waals surface area contributed by atoms with Crippen LogP contribution in [0, 0.1) is 12.8 Å². The Morgan fingerprint density at radius 3 is 2.44 bits per heavy atom. The van der Waals surface area contributed by atoms with E-state index in [0.29, 0.717) is 24.9 Å². The first-order valence-electron chi connectivity index (χ1n) is 12.3. The maximum atomic E-state index is 12.8. The summed E-state index contributed by atoms with van der Waals surface area (Å²) in [6, 6.07) is 25.7. The minimum absolute atomic E-state index is 0.0129. The summed E-state index contributed by atoms with van der Waals surface area (Å²) in [4.78, 5) is 19.6. The molecule has 3 aromatic carbocycles. The van der Waals surface area contributed by atoms with Crippen molar-refractivity contribution < 1.29 is 14.1 Å². The van der Waals surface area contributed by atoms with Gasteiger partial charge < -0.3 is 14.6 Å². The number of nitrogens with zero attached hydrogens (tertiary/aromatic N) is 3. The van der Waals surface area contributed by atoms with Crippen LogP contribution in [-0.4, -0.2) is 34.0 Å². The lowest BCUT2D eigenvalue weighted by Crippen LogP contribution is -2.37. The molecule has 5 rings (SSSR count). The van der Waals surface area contributed by atoms with Crippen LogP contribution in [0.3, 0.4) is 0 Å². The number of anilines is 1. The second-order valence-electron chi connectivity index (χ2n) is 9.22. The fourth-order valence-electron chi connectivity index (χ4n) is 4.30. The van der Waals surface area contributed by atoms with Gasteiger partial charge in [-0.3, -0.25) is 9.69 Å². The highest BCUT2D eigenvalue weighted by Crippen LogP contribution is 2.23. The van der Waals surface area contributed by atoms with E-state index in [-0.39, 0.29) is 11.8 Å². The second-order valence-corrected chi connectivity index (χ2v) is 9.22. The summed E-state index contributed by atoms with van der Waals surface area (Å²) in [6.45, 7) is 4.78. The molecule has 0 bridgehead atoms. The molecule has 1 aromatic heterocycles. The highest BCUT2D eigenvalue weighted by atomic mass is 16.5. The smallest absolute Gasteiger partial charge is 0.241 e. The molecule has 1 fully saturated rings. The van der Waals surface area contributed by atoms with Crippen LogP contribution in [0.1, 0.15) is 29.9 Å². The highest BCUT2D eigenvalue weighted by molar-refractivity contribution is 5.92. The number of rotatable bonds is 8. The number of aryl methyl sites for hydroxylation is 1. The molecule has 7 heteroatoms. The molecule has 0 saturated carbocycles. The number of likely N-dealkylation sites (tertiary alicyclic amines) is 1. The average Bonchev–Trinajstić information content (AvgIpc) is 3.38. The van der Waals surface area contributed by atoms with E-state index in [2.05, 4.69) is 20.4 Å². The van der Waals surface area contributed by atoms with Gasteiger partial charge in [-0.2, -0.15) is 4.98 Å². The molecule has 1 aliphatic rings. The fourth-order valence-corrected chi connectivity index (χ4v) is 4.30. The van der Waals surface area contributed by atoms with Gasteiger partial charge in [-0.1, -0.05) is 65.3 Å². The first-order chi connectivity index (χ1) is 17.6. The molecule has 7 nitrogen and oxygen atoms in total. The van der Waals surface area contributed by atoms with Gasteiger partial charge in [0.05, 0.1) is 6.54 Å². The Labute approximate surface area is 211 Å². The van der Waals surface area contributed by atoms with E-state index in [9.17, 15) is 4.79 Å². The van der Waals surface area contributed by atoms with Gasteiger partial charge in [-0.15, -0.1) is 0 Å². The standard InChI is InChI=1S/C29H30N4O3/c1-21-7-9-23(10-8-21)28-31-27(36-32-28)19-33-17-15-24(16-18-33)29(34)30-25-11-13-26(14-12-25)35-20-22-5-3-2-4-6-22/h2-14,24H,15-20H2,1H3,(H,30,34). The molecule has 0 unspecified atom stereocenters. The summed E-state index contributed by atoms with van der Waals surface area (Å²) in [5.41, 5.74) is 4.04. The number of carbonyl (C=O) groups excluding carboxylic acids is 1. The summed E-state index contributed by atoms with van der Waals surface area (Å²) < 4.78 is 11.3. The van der Waals surface area contributed by atoms with Gasteiger partial charge in [0.15, 0.2) is 0 Å². The van der Waals surface area contributed by atoms with E-state index < -0.39 is 0 Å². The van der Waals surface area contributed by atoms with Gasteiger partial charge in [0.25, 0.3) is 0 Å². The molecular formula is C29H30N4O3. The lowest BCUT2D eigenvalue weighted by atomic mass is 9.96. The number of carbonyl (C=O) groups is 1. The molecule has 0 atom stereocenters. The summed E-state index contributed by atoms with van der Waals surface area (Å²) in [5, 5.41) is 7.17. The molecule has 1 N–H and O–H groups in total. The van der Waals surface area contributed by atoms with Gasteiger partial charge in [0.1, 0.15) is 12.4 Å². The van der Waals surface area contributed by atoms with Crippen LogP contribution in [0.4, 0.5) is 5.69 Å². The normalized spacial score (nSPS) is 14.5. The van der Waals surface area contributed by atoms with E-state index in [1.165, 1.54) is 5.56 Å². The van der Waals surface area contributed by atoms with Crippen LogP contribution in [0.2, 0.25) is 0 Å².